The molecule has 3 rings (SSSR count). The van der Waals surface area contributed by atoms with Gasteiger partial charge in [0.25, 0.3) is 0 Å². The Morgan fingerprint density at radius 3 is 2.50 bits per heavy atom. The van der Waals surface area contributed by atoms with Crippen LogP contribution < -0.4 is 10.4 Å². The van der Waals surface area contributed by atoms with Crippen LogP contribution in [0, 0.1) is 0 Å². The van der Waals surface area contributed by atoms with E-state index < -0.39 is 0 Å². The molecular weight excluding hydrogens is 348 g/mol. The number of ether oxygens (including phenoxy) is 1. The maximum Gasteiger partial charge on any atom is 0.368 e. The van der Waals surface area contributed by atoms with Gasteiger partial charge in [0.15, 0.2) is 0 Å². The van der Waals surface area contributed by atoms with Crippen molar-refractivity contribution in [1.29, 1.82) is 0 Å². The average molecular weight is 361 g/mol. The van der Waals surface area contributed by atoms with Crippen LogP contribution in [0.4, 0.5) is 0 Å². The minimum atomic E-state index is -0.320. The maximum absolute atomic E-state index is 12.0. The maximum atomic E-state index is 12.0. The Kier molecular flexibility index (Phi) is 4.06. The topological polar surface area (TPSA) is 61.9 Å². The van der Waals surface area contributed by atoms with Gasteiger partial charge in [-0.05, 0) is 40.3 Å². The minimum Gasteiger partial charge on any atom is -0.487 e. The van der Waals surface area contributed by atoms with Gasteiger partial charge in [-0.3, -0.25) is 0 Å². The molecule has 22 heavy (non-hydrogen) atoms. The van der Waals surface area contributed by atoms with Crippen molar-refractivity contribution >= 4 is 15.9 Å². The number of hydrogen-bond acceptors (Lipinski definition) is 4. The Labute approximate surface area is 135 Å². The molecule has 0 bridgehead atoms. The van der Waals surface area contributed by atoms with E-state index in [1.54, 1.807) is 19.2 Å². The van der Waals surface area contributed by atoms with Gasteiger partial charge in [-0.2, -0.15) is 9.36 Å². The Morgan fingerprint density at radius 1 is 1.09 bits per heavy atom. The van der Waals surface area contributed by atoms with E-state index in [4.69, 9.17) is 4.74 Å². The normalized spacial score (nSPS) is 10.6. The zero-order valence-corrected chi connectivity index (χ0v) is 13.4. The fourth-order valence-corrected chi connectivity index (χ4v) is 2.23. The van der Waals surface area contributed by atoms with E-state index in [-0.39, 0.29) is 5.69 Å². The molecule has 0 radical (unpaired) electrons. The number of hydrogen-bond donors (Lipinski definition) is 0. The van der Waals surface area contributed by atoms with Gasteiger partial charge in [-0.25, -0.2) is 4.79 Å². The van der Waals surface area contributed by atoms with Crippen molar-refractivity contribution in [2.75, 3.05) is 0 Å². The van der Waals surface area contributed by atoms with Crippen LogP contribution in [0.15, 0.2) is 57.8 Å². The summed E-state index contributed by atoms with van der Waals surface area (Å²) in [7, 11) is 1.55. The Bertz CT molecular complexity index is 839. The van der Waals surface area contributed by atoms with Gasteiger partial charge < -0.3 is 4.74 Å². The Morgan fingerprint density at radius 2 is 1.82 bits per heavy atom. The van der Waals surface area contributed by atoms with Crippen molar-refractivity contribution in [1.82, 2.24) is 19.8 Å². The number of tetrazole rings is 1. The van der Waals surface area contributed by atoms with Crippen molar-refractivity contribution < 1.29 is 4.74 Å². The van der Waals surface area contributed by atoms with Crippen LogP contribution in [0.3, 0.4) is 0 Å². The molecule has 6 nitrogen and oxygen atoms in total. The molecule has 1 aromatic heterocycles. The van der Waals surface area contributed by atoms with Crippen molar-refractivity contribution in [3.8, 4) is 11.4 Å². The first-order valence-electron chi connectivity index (χ1n) is 6.61. The number of aromatic nitrogens is 4. The van der Waals surface area contributed by atoms with Crippen LogP contribution in [0.1, 0.15) is 5.56 Å². The summed E-state index contributed by atoms with van der Waals surface area (Å²) in [6.07, 6.45) is 0. The van der Waals surface area contributed by atoms with Crippen LogP contribution in [0.2, 0.25) is 0 Å². The second kappa shape index (κ2) is 6.15. The van der Waals surface area contributed by atoms with Crippen LogP contribution in [0.5, 0.6) is 5.75 Å². The molecule has 0 saturated heterocycles. The summed E-state index contributed by atoms with van der Waals surface area (Å²) in [5.41, 5.74) is 1.28. The van der Waals surface area contributed by atoms with Crippen LogP contribution in [0.25, 0.3) is 5.69 Å². The zero-order valence-electron chi connectivity index (χ0n) is 11.8. The monoisotopic (exact) mass is 360 g/mol. The number of rotatable bonds is 4. The fourth-order valence-electron chi connectivity index (χ4n) is 1.96. The first-order chi connectivity index (χ1) is 10.6. The predicted molar refractivity (Wildman–Crippen MR) is 85.1 cm³/mol. The second-order valence-corrected chi connectivity index (χ2v) is 5.60. The third kappa shape index (κ3) is 2.94. The van der Waals surface area contributed by atoms with E-state index in [0.29, 0.717) is 18.0 Å². The van der Waals surface area contributed by atoms with Crippen LogP contribution in [-0.2, 0) is 13.7 Å². The van der Waals surface area contributed by atoms with E-state index in [9.17, 15) is 4.79 Å². The molecular formula is C15H13BrN4O2. The summed E-state index contributed by atoms with van der Waals surface area (Å²) >= 11 is 3.40. The molecule has 0 N–H and O–H groups in total. The highest BCUT2D eigenvalue weighted by Gasteiger charge is 2.11. The summed E-state index contributed by atoms with van der Waals surface area (Å²) < 4.78 is 9.24. The third-order valence-electron chi connectivity index (χ3n) is 3.12. The van der Waals surface area contributed by atoms with E-state index in [0.717, 1.165) is 10.0 Å². The number of nitrogens with zero attached hydrogens (tertiary/aromatic N) is 4. The largest absolute Gasteiger partial charge is 0.487 e. The first kappa shape index (κ1) is 14.5. The second-order valence-electron chi connectivity index (χ2n) is 4.68. The fraction of sp³-hybridized carbons (Fsp3) is 0.133. The van der Waals surface area contributed by atoms with Crippen LogP contribution >= 0.6 is 15.9 Å². The molecule has 7 heteroatoms. The molecule has 0 aliphatic heterocycles. The molecule has 0 saturated carbocycles. The lowest BCUT2D eigenvalue weighted by molar-refractivity contribution is 0.304. The van der Waals surface area contributed by atoms with Gasteiger partial charge >= 0.3 is 5.69 Å². The van der Waals surface area contributed by atoms with E-state index in [2.05, 4.69) is 26.4 Å². The number of halogens is 1. The lowest BCUT2D eigenvalue weighted by Crippen LogP contribution is -2.22. The SMILES string of the molecule is Cn1nnn(-c2ccccc2OCc2ccc(Br)cc2)c1=O. The van der Waals surface area contributed by atoms with Gasteiger partial charge in [0.1, 0.15) is 18.0 Å². The smallest absolute Gasteiger partial charge is 0.368 e. The molecule has 3 aromatic rings. The highest BCUT2D eigenvalue weighted by Crippen LogP contribution is 2.22. The molecule has 0 unspecified atom stereocenters. The van der Waals surface area contributed by atoms with Gasteiger partial charge in [-0.15, -0.1) is 0 Å². The average Bonchev–Trinajstić information content (AvgIpc) is 2.87. The molecule has 0 amide bonds. The number of para-hydroxylation sites is 2. The van der Waals surface area contributed by atoms with Gasteiger partial charge in [0, 0.05) is 11.5 Å². The molecule has 2 aromatic carbocycles. The summed E-state index contributed by atoms with van der Waals surface area (Å²) in [6, 6.07) is 15.1. The first-order valence-corrected chi connectivity index (χ1v) is 7.40. The van der Waals surface area contributed by atoms with Crippen molar-refractivity contribution in [2.24, 2.45) is 7.05 Å². The molecule has 1 heterocycles. The van der Waals surface area contributed by atoms with E-state index in [1.807, 2.05) is 36.4 Å². The van der Waals surface area contributed by atoms with Gasteiger partial charge in [0.2, 0.25) is 0 Å². The molecule has 0 fully saturated rings. The molecule has 0 aliphatic carbocycles. The Balaban J connectivity index is 1.87. The molecule has 0 aliphatic rings. The highest BCUT2D eigenvalue weighted by molar-refractivity contribution is 9.10. The number of benzene rings is 2. The summed E-state index contributed by atoms with van der Waals surface area (Å²) in [4.78, 5) is 12.0. The van der Waals surface area contributed by atoms with Crippen molar-refractivity contribution in [2.45, 2.75) is 6.61 Å². The quantitative estimate of drug-likeness (QED) is 0.716. The van der Waals surface area contributed by atoms with E-state index >= 15 is 0 Å². The lowest BCUT2D eigenvalue weighted by atomic mass is 10.2. The predicted octanol–water partition coefficient (Wildman–Crippen LogP) is 2.31. The minimum absolute atomic E-state index is 0.320. The summed E-state index contributed by atoms with van der Waals surface area (Å²) in [5.74, 6) is 0.577. The molecule has 0 atom stereocenters. The zero-order chi connectivity index (χ0) is 15.5. The standard InChI is InChI=1S/C15H13BrN4O2/c1-19-15(21)20(18-17-19)13-4-2-3-5-14(13)22-10-11-6-8-12(16)9-7-11/h2-9H,10H2,1H3. The van der Waals surface area contributed by atoms with Crippen LogP contribution in [-0.4, -0.2) is 19.8 Å². The number of aryl methyl sites for hydroxylation is 1. The summed E-state index contributed by atoms with van der Waals surface area (Å²) in [5, 5.41) is 7.56. The Hall–Kier alpha value is -2.41. The van der Waals surface area contributed by atoms with Crippen molar-refractivity contribution in [3.63, 3.8) is 0 Å². The third-order valence-corrected chi connectivity index (χ3v) is 3.65. The van der Waals surface area contributed by atoms with Crippen molar-refractivity contribution in [3.05, 3.63) is 69.1 Å². The highest BCUT2D eigenvalue weighted by atomic mass is 79.9. The lowest BCUT2D eigenvalue weighted by Gasteiger charge is -2.10. The van der Waals surface area contributed by atoms with E-state index in [1.165, 1.54) is 9.36 Å². The molecule has 112 valence electrons. The summed E-state index contributed by atoms with van der Waals surface area (Å²) in [6.45, 7) is 0.402. The molecule has 0 spiro atoms. The van der Waals surface area contributed by atoms with Gasteiger partial charge in [-0.1, -0.05) is 40.2 Å². The van der Waals surface area contributed by atoms with Gasteiger partial charge in [0.05, 0.1) is 0 Å².